The lowest BCUT2D eigenvalue weighted by molar-refractivity contribution is -0.167. The Kier molecular flexibility index (Phi) is 12.6. The first-order chi connectivity index (χ1) is 19.9. The molecular weight excluding hydrogens is 643 g/mol. The van der Waals surface area contributed by atoms with E-state index in [9.17, 15) is 51.3 Å². The molecule has 8 nitrogen and oxygen atoms in total. The van der Waals surface area contributed by atoms with Gasteiger partial charge in [-0.05, 0) is 99.2 Å². The van der Waals surface area contributed by atoms with Crippen molar-refractivity contribution >= 4 is 52.1 Å². The summed E-state index contributed by atoms with van der Waals surface area (Å²) >= 11 is 11.5. The fraction of sp³-hybridized carbons (Fsp3) is 0.286. The van der Waals surface area contributed by atoms with Crippen LogP contribution in [0.3, 0.4) is 0 Å². The van der Waals surface area contributed by atoms with Gasteiger partial charge < -0.3 is 31.7 Å². The second-order valence-electron chi connectivity index (χ2n) is 9.46. The molecular formula is C28H29Cl2F6N3O5. The highest BCUT2D eigenvalue weighted by atomic mass is 35.5. The number of phenolic OH excluding ortho intramolecular Hbond substituents is 3. The summed E-state index contributed by atoms with van der Waals surface area (Å²) in [6.07, 6.45) is -9.89. The number of rotatable bonds is 2. The molecule has 44 heavy (non-hydrogen) atoms. The van der Waals surface area contributed by atoms with Gasteiger partial charge in [-0.25, -0.2) is 0 Å². The van der Waals surface area contributed by atoms with Crippen LogP contribution in [0.1, 0.15) is 33.4 Å². The number of carbonyl (C=O) groups excluding carboxylic acids is 2. The third kappa shape index (κ3) is 10.0. The Bertz CT molecular complexity index is 1530. The molecule has 0 saturated heterocycles. The van der Waals surface area contributed by atoms with Crippen molar-refractivity contribution in [3.8, 4) is 17.2 Å². The van der Waals surface area contributed by atoms with E-state index in [1.807, 2.05) is 0 Å². The average Bonchev–Trinajstić information content (AvgIpc) is 2.90. The van der Waals surface area contributed by atoms with Crippen LogP contribution in [0.4, 0.5) is 43.4 Å². The summed E-state index contributed by atoms with van der Waals surface area (Å²) in [4.78, 5) is 21.4. The van der Waals surface area contributed by atoms with Gasteiger partial charge >= 0.3 is 24.2 Å². The van der Waals surface area contributed by atoms with Gasteiger partial charge in [-0.3, -0.25) is 9.59 Å². The fourth-order valence-electron chi connectivity index (χ4n) is 3.20. The van der Waals surface area contributed by atoms with Gasteiger partial charge in [-0.1, -0.05) is 23.2 Å². The summed E-state index contributed by atoms with van der Waals surface area (Å²) in [5, 5.41) is 31.8. The second kappa shape index (κ2) is 14.6. The highest BCUT2D eigenvalue weighted by Crippen LogP contribution is 2.36. The Morgan fingerprint density at radius 3 is 1.48 bits per heavy atom. The molecule has 3 aromatic carbocycles. The third-order valence-corrected chi connectivity index (χ3v) is 6.87. The van der Waals surface area contributed by atoms with Crippen molar-refractivity contribution in [1.82, 2.24) is 0 Å². The molecule has 16 heteroatoms. The molecule has 242 valence electrons. The van der Waals surface area contributed by atoms with Crippen LogP contribution in [-0.4, -0.2) is 39.5 Å². The Morgan fingerprint density at radius 2 is 1.02 bits per heavy atom. The molecule has 0 aromatic heterocycles. The number of carbonyl (C=O) groups is 2. The highest BCUT2D eigenvalue weighted by molar-refractivity contribution is 6.33. The zero-order chi connectivity index (χ0) is 34.5. The number of nitrogens with two attached hydrogens (primary N) is 1. The number of aromatic hydroxyl groups is 3. The van der Waals surface area contributed by atoms with Crippen molar-refractivity contribution < 1.29 is 51.3 Å². The SMILES string of the molecule is Cc1cc(N)c(C)c(Cl)c1O.Cc1cc(NC(=O)C(F)(F)F)c(C)c(Cl)c1O.Cc1cc(NC(=O)C(F)(F)F)c(C)cc1O. The number of aryl methyl sites for hydroxylation is 4. The summed E-state index contributed by atoms with van der Waals surface area (Å²) in [7, 11) is 0. The number of phenols is 3. The smallest absolute Gasteiger partial charge is 0.471 e. The van der Waals surface area contributed by atoms with Gasteiger partial charge in [0, 0.05) is 17.1 Å². The Labute approximate surface area is 258 Å². The summed E-state index contributed by atoms with van der Waals surface area (Å²) in [5.41, 5.74) is 8.81. The number of hydrogen-bond donors (Lipinski definition) is 6. The van der Waals surface area contributed by atoms with Crippen LogP contribution in [0.5, 0.6) is 17.2 Å². The van der Waals surface area contributed by atoms with Gasteiger partial charge in [0.1, 0.15) is 17.2 Å². The lowest BCUT2D eigenvalue weighted by atomic mass is 10.1. The van der Waals surface area contributed by atoms with Gasteiger partial charge in [0.2, 0.25) is 0 Å². The molecule has 0 aliphatic carbocycles. The zero-order valence-electron chi connectivity index (χ0n) is 24.1. The molecule has 2 amide bonds. The quantitative estimate of drug-likeness (QED) is 0.0927. The van der Waals surface area contributed by atoms with Crippen LogP contribution in [0.15, 0.2) is 24.3 Å². The molecule has 3 aromatic rings. The van der Waals surface area contributed by atoms with Gasteiger partial charge in [-0.2, -0.15) is 26.3 Å². The van der Waals surface area contributed by atoms with E-state index < -0.39 is 24.2 Å². The minimum atomic E-state index is -4.97. The summed E-state index contributed by atoms with van der Waals surface area (Å²) < 4.78 is 72.1. The molecule has 0 fully saturated rings. The molecule has 0 unspecified atom stereocenters. The predicted octanol–water partition coefficient (Wildman–Crippen LogP) is 7.92. The number of anilines is 3. The van der Waals surface area contributed by atoms with Crippen LogP contribution in [-0.2, 0) is 9.59 Å². The lowest BCUT2D eigenvalue weighted by Gasteiger charge is -2.13. The maximum atomic E-state index is 12.1. The van der Waals surface area contributed by atoms with Crippen LogP contribution in [0.25, 0.3) is 0 Å². The lowest BCUT2D eigenvalue weighted by Crippen LogP contribution is -2.30. The molecule has 0 heterocycles. The second-order valence-corrected chi connectivity index (χ2v) is 10.2. The minimum Gasteiger partial charge on any atom is -0.508 e. The molecule has 0 bridgehead atoms. The monoisotopic (exact) mass is 671 g/mol. The van der Waals surface area contributed by atoms with Gasteiger partial charge in [0.25, 0.3) is 0 Å². The first kappa shape index (κ1) is 38.0. The fourth-order valence-corrected chi connectivity index (χ4v) is 3.71. The number of nitrogen functional groups attached to an aromatic ring is 1. The molecule has 0 radical (unpaired) electrons. The molecule has 0 aliphatic heterocycles. The van der Waals surface area contributed by atoms with Crippen LogP contribution >= 0.6 is 23.2 Å². The summed E-state index contributed by atoms with van der Waals surface area (Å²) in [6, 6.07) is 5.51. The summed E-state index contributed by atoms with van der Waals surface area (Å²) in [6.45, 7) is 9.41. The number of amides is 2. The Morgan fingerprint density at radius 1 is 0.636 bits per heavy atom. The number of benzene rings is 3. The Balaban J connectivity index is 0.000000338. The van der Waals surface area contributed by atoms with Crippen molar-refractivity contribution in [3.05, 3.63) is 67.7 Å². The van der Waals surface area contributed by atoms with E-state index in [-0.39, 0.29) is 44.8 Å². The maximum absolute atomic E-state index is 12.1. The van der Waals surface area contributed by atoms with E-state index in [0.717, 1.165) is 5.56 Å². The largest absolute Gasteiger partial charge is 0.508 e. The normalized spacial score (nSPS) is 11.0. The number of alkyl halides is 6. The molecule has 0 saturated carbocycles. The van der Waals surface area contributed by atoms with E-state index in [1.165, 1.54) is 45.9 Å². The van der Waals surface area contributed by atoms with Gasteiger partial charge in [0.05, 0.1) is 10.0 Å². The van der Waals surface area contributed by atoms with E-state index >= 15 is 0 Å². The first-order valence-corrected chi connectivity index (χ1v) is 12.9. The van der Waals surface area contributed by atoms with E-state index in [2.05, 4.69) is 0 Å². The number of halogens is 8. The van der Waals surface area contributed by atoms with Gasteiger partial charge in [0.15, 0.2) is 0 Å². The molecule has 3 rings (SSSR count). The van der Waals surface area contributed by atoms with E-state index in [0.29, 0.717) is 27.4 Å². The molecule has 7 N–H and O–H groups in total. The van der Waals surface area contributed by atoms with Crippen molar-refractivity contribution in [1.29, 1.82) is 0 Å². The number of nitrogens with one attached hydrogen (secondary N) is 2. The van der Waals surface area contributed by atoms with Crippen LogP contribution in [0, 0.1) is 41.5 Å². The highest BCUT2D eigenvalue weighted by Gasteiger charge is 2.39. The molecule has 0 aliphatic rings. The Hall–Kier alpha value is -4.04. The molecule has 0 atom stereocenters. The third-order valence-electron chi connectivity index (χ3n) is 5.95. The van der Waals surface area contributed by atoms with Crippen LogP contribution < -0.4 is 16.4 Å². The zero-order valence-corrected chi connectivity index (χ0v) is 25.6. The summed E-state index contributed by atoms with van der Waals surface area (Å²) in [5.74, 6) is -4.22. The van der Waals surface area contributed by atoms with Crippen molar-refractivity contribution in [2.45, 2.75) is 53.9 Å². The predicted molar refractivity (Wildman–Crippen MR) is 157 cm³/mol. The standard InChI is InChI=1S/C10H9ClF3NO2.C10H10F3NO2.C8H10ClNO/c1-4-3-6(5(2)7(11)8(4)16)15-9(17)10(12,13)14;1-5-4-8(15)6(2)3-7(5)14-9(16)10(11,12)13;1-4-3-6(10)5(2)7(9)8(4)11/h3,16H,1-2H3,(H,15,17);3-4,15H,1-2H3,(H,14,16);3,11H,10H2,1-2H3. The van der Waals surface area contributed by atoms with Crippen molar-refractivity contribution in [3.63, 3.8) is 0 Å². The van der Waals surface area contributed by atoms with Crippen molar-refractivity contribution in [2.75, 3.05) is 16.4 Å². The van der Waals surface area contributed by atoms with Crippen molar-refractivity contribution in [2.24, 2.45) is 0 Å². The average molecular weight is 672 g/mol. The molecule has 0 spiro atoms. The van der Waals surface area contributed by atoms with E-state index in [4.69, 9.17) is 28.9 Å². The first-order valence-electron chi connectivity index (χ1n) is 12.2. The number of hydrogen-bond acceptors (Lipinski definition) is 6. The van der Waals surface area contributed by atoms with E-state index in [1.54, 1.807) is 30.5 Å². The topological polar surface area (TPSA) is 145 Å². The van der Waals surface area contributed by atoms with Crippen LogP contribution in [0.2, 0.25) is 10.0 Å². The maximum Gasteiger partial charge on any atom is 0.471 e. The minimum absolute atomic E-state index is 0.0255. The van der Waals surface area contributed by atoms with Gasteiger partial charge in [-0.15, -0.1) is 0 Å².